The molecule has 5 rings (SSSR count). The van der Waals surface area contributed by atoms with Gasteiger partial charge in [-0.1, -0.05) is 36.0 Å². The normalized spacial score (nSPS) is 13.2. The summed E-state index contributed by atoms with van der Waals surface area (Å²) in [5, 5.41) is 2.26. The van der Waals surface area contributed by atoms with Crippen LogP contribution in [0.25, 0.3) is 21.1 Å². The minimum atomic E-state index is -0.0173. The van der Waals surface area contributed by atoms with Gasteiger partial charge in [0.05, 0.1) is 11.1 Å². The first-order valence-electron chi connectivity index (χ1n) is 9.55. The summed E-state index contributed by atoms with van der Waals surface area (Å²) in [5.74, 6) is 0.239. The number of nitrogens with zero attached hydrogens (tertiary/aromatic N) is 2. The zero-order chi connectivity index (χ0) is 20.0. The molecule has 0 atom stereocenters. The minimum Gasteiger partial charge on any atom is -0.360 e. The topological polar surface area (TPSA) is 67.8 Å². The number of benzene rings is 1. The predicted octanol–water partition coefficient (Wildman–Crippen LogP) is 4.59. The Kier molecular flexibility index (Phi) is 4.64. The fourth-order valence-corrected chi connectivity index (χ4v) is 6.16. The Bertz CT molecular complexity index is 1330. The Hall–Kier alpha value is -2.64. The van der Waals surface area contributed by atoms with E-state index in [9.17, 15) is 9.59 Å². The number of carbonyl (C=O) groups is 1. The van der Waals surface area contributed by atoms with Gasteiger partial charge in [-0.05, 0) is 30.9 Å². The maximum absolute atomic E-state index is 13.2. The molecule has 0 spiro atoms. The molecule has 0 saturated heterocycles. The molecule has 4 aromatic rings. The molecule has 0 fully saturated rings. The smallest absolute Gasteiger partial charge is 0.263 e. The number of para-hydroxylation sites is 1. The lowest BCUT2D eigenvalue weighted by atomic mass is 10.1. The molecule has 3 heterocycles. The number of allylic oxidation sites excluding steroid dienone is 1. The zero-order valence-electron chi connectivity index (χ0n) is 15.7. The number of ketones is 1. The van der Waals surface area contributed by atoms with Gasteiger partial charge in [-0.3, -0.25) is 14.2 Å². The van der Waals surface area contributed by atoms with Crippen LogP contribution >= 0.6 is 23.1 Å². The number of thioether (sulfide) groups is 1. The van der Waals surface area contributed by atoms with E-state index in [-0.39, 0.29) is 17.1 Å². The van der Waals surface area contributed by atoms with Gasteiger partial charge in [0.25, 0.3) is 5.56 Å². The van der Waals surface area contributed by atoms with Crippen LogP contribution in [0.3, 0.4) is 0 Å². The number of hydrogen-bond donors (Lipinski definition) is 1. The van der Waals surface area contributed by atoms with Crippen molar-refractivity contribution >= 4 is 50.0 Å². The highest BCUT2D eigenvalue weighted by molar-refractivity contribution is 7.99. The quantitative estimate of drug-likeness (QED) is 0.214. The lowest BCUT2D eigenvalue weighted by Gasteiger charge is -2.10. The number of nitrogens with one attached hydrogen (secondary N) is 1. The maximum Gasteiger partial charge on any atom is 0.263 e. The largest absolute Gasteiger partial charge is 0.360 e. The third-order valence-corrected chi connectivity index (χ3v) is 7.49. The van der Waals surface area contributed by atoms with Gasteiger partial charge < -0.3 is 4.98 Å². The van der Waals surface area contributed by atoms with Crippen LogP contribution in [-0.4, -0.2) is 26.1 Å². The van der Waals surface area contributed by atoms with Crippen molar-refractivity contribution in [3.63, 3.8) is 0 Å². The van der Waals surface area contributed by atoms with Crippen molar-refractivity contribution in [3.8, 4) is 0 Å². The molecule has 0 aliphatic heterocycles. The minimum absolute atomic E-state index is 0.0145. The van der Waals surface area contributed by atoms with E-state index in [1.54, 1.807) is 28.2 Å². The Morgan fingerprint density at radius 3 is 3.07 bits per heavy atom. The van der Waals surface area contributed by atoms with E-state index in [1.165, 1.54) is 22.2 Å². The van der Waals surface area contributed by atoms with Crippen LogP contribution in [0.15, 0.2) is 53.1 Å². The molecular formula is C22H19N3O2S2. The molecule has 1 aliphatic carbocycles. The fraction of sp³-hybridized carbons (Fsp3) is 0.227. The molecule has 0 radical (unpaired) electrons. The molecule has 29 heavy (non-hydrogen) atoms. The number of aromatic nitrogens is 3. The first kappa shape index (κ1) is 18.4. The second kappa shape index (κ2) is 7.31. The molecule has 0 unspecified atom stereocenters. The third-order valence-electron chi connectivity index (χ3n) is 5.32. The summed E-state index contributed by atoms with van der Waals surface area (Å²) in [4.78, 5) is 36.0. The number of Topliss-reactive ketones (excluding diaryl/α,β-unsaturated/α-hetero) is 1. The standard InChI is InChI=1S/C22H19N3O2S2/c1-2-10-25-21(27)19-14-7-5-9-18(14)29-20(19)24-22(25)28-12-17(26)15-11-23-16-8-4-3-6-13(15)16/h2-4,6,8,11,23H,1,5,7,9-10,12H2. The second-order valence-corrected chi connectivity index (χ2v) is 9.12. The molecule has 0 bridgehead atoms. The summed E-state index contributed by atoms with van der Waals surface area (Å²) >= 11 is 2.94. The molecule has 0 amide bonds. The fourth-order valence-electron chi connectivity index (χ4n) is 3.97. The average Bonchev–Trinajstić information content (AvgIpc) is 3.42. The predicted molar refractivity (Wildman–Crippen MR) is 119 cm³/mol. The Morgan fingerprint density at radius 2 is 2.21 bits per heavy atom. The maximum atomic E-state index is 13.2. The summed E-state index contributed by atoms with van der Waals surface area (Å²) in [5.41, 5.74) is 2.77. The van der Waals surface area contributed by atoms with E-state index < -0.39 is 0 Å². The number of aromatic amines is 1. The molecule has 146 valence electrons. The van der Waals surface area contributed by atoms with Crippen molar-refractivity contribution in [2.45, 2.75) is 31.0 Å². The van der Waals surface area contributed by atoms with E-state index >= 15 is 0 Å². The highest BCUT2D eigenvalue weighted by Crippen LogP contribution is 2.35. The van der Waals surface area contributed by atoms with Crippen molar-refractivity contribution in [3.05, 3.63) is 69.5 Å². The number of thiophene rings is 1. The van der Waals surface area contributed by atoms with E-state index in [0.717, 1.165) is 40.4 Å². The number of fused-ring (bicyclic) bond motifs is 4. The molecule has 0 saturated carbocycles. The SMILES string of the molecule is C=CCn1c(SCC(=O)c2c[nH]c3ccccc23)nc2sc3c(c2c1=O)CCC3. The monoisotopic (exact) mass is 421 g/mol. The van der Waals surface area contributed by atoms with E-state index in [1.807, 2.05) is 24.3 Å². The van der Waals surface area contributed by atoms with Crippen LogP contribution < -0.4 is 5.56 Å². The van der Waals surface area contributed by atoms with Gasteiger partial charge in [-0.2, -0.15) is 0 Å². The highest BCUT2D eigenvalue weighted by Gasteiger charge is 2.23. The van der Waals surface area contributed by atoms with Crippen molar-refractivity contribution in [2.75, 3.05) is 5.75 Å². The molecule has 3 aromatic heterocycles. The van der Waals surface area contributed by atoms with Gasteiger partial charge >= 0.3 is 0 Å². The Balaban J connectivity index is 1.50. The molecule has 1 aromatic carbocycles. The number of H-pyrrole nitrogens is 1. The summed E-state index contributed by atoms with van der Waals surface area (Å²) in [6.07, 6.45) is 6.54. The van der Waals surface area contributed by atoms with Crippen LogP contribution in [0, 0.1) is 0 Å². The van der Waals surface area contributed by atoms with E-state index in [0.29, 0.717) is 17.3 Å². The van der Waals surface area contributed by atoms with Gasteiger partial charge in [0, 0.05) is 34.1 Å². The Morgan fingerprint density at radius 1 is 1.34 bits per heavy atom. The summed E-state index contributed by atoms with van der Waals surface area (Å²) in [6.45, 7) is 4.17. The lowest BCUT2D eigenvalue weighted by Crippen LogP contribution is -2.23. The van der Waals surface area contributed by atoms with Gasteiger partial charge in [0.2, 0.25) is 0 Å². The first-order chi connectivity index (χ1) is 14.2. The number of aryl methyl sites for hydroxylation is 2. The lowest BCUT2D eigenvalue weighted by molar-refractivity contribution is 0.102. The molecule has 1 N–H and O–H groups in total. The molecule has 5 nitrogen and oxygen atoms in total. The first-order valence-corrected chi connectivity index (χ1v) is 11.4. The Labute approximate surface area is 175 Å². The zero-order valence-corrected chi connectivity index (χ0v) is 17.4. The van der Waals surface area contributed by atoms with Gasteiger partial charge in [0.1, 0.15) is 4.83 Å². The van der Waals surface area contributed by atoms with Gasteiger partial charge in [-0.15, -0.1) is 17.9 Å². The van der Waals surface area contributed by atoms with E-state index in [4.69, 9.17) is 4.98 Å². The van der Waals surface area contributed by atoms with Crippen molar-refractivity contribution in [1.29, 1.82) is 0 Å². The number of hydrogen-bond acceptors (Lipinski definition) is 5. The highest BCUT2D eigenvalue weighted by atomic mass is 32.2. The third kappa shape index (κ3) is 3.05. The van der Waals surface area contributed by atoms with Crippen LogP contribution in [-0.2, 0) is 19.4 Å². The summed E-state index contributed by atoms with van der Waals surface area (Å²) in [7, 11) is 0. The van der Waals surface area contributed by atoms with Crippen LogP contribution in [0.4, 0.5) is 0 Å². The van der Waals surface area contributed by atoms with Crippen LogP contribution in [0.5, 0.6) is 0 Å². The molecule has 1 aliphatic rings. The van der Waals surface area contributed by atoms with Crippen LogP contribution in [0.1, 0.15) is 27.2 Å². The van der Waals surface area contributed by atoms with Crippen molar-refractivity contribution < 1.29 is 4.79 Å². The van der Waals surface area contributed by atoms with Gasteiger partial charge in [0.15, 0.2) is 10.9 Å². The van der Waals surface area contributed by atoms with Crippen LogP contribution in [0.2, 0.25) is 0 Å². The molecular weight excluding hydrogens is 402 g/mol. The molecule has 7 heteroatoms. The summed E-state index contributed by atoms with van der Waals surface area (Å²) < 4.78 is 1.65. The second-order valence-electron chi connectivity index (χ2n) is 7.10. The number of rotatable bonds is 6. The van der Waals surface area contributed by atoms with Crippen molar-refractivity contribution in [1.82, 2.24) is 14.5 Å². The average molecular weight is 422 g/mol. The van der Waals surface area contributed by atoms with E-state index in [2.05, 4.69) is 11.6 Å². The number of carbonyl (C=O) groups excluding carboxylic acids is 1. The summed E-state index contributed by atoms with van der Waals surface area (Å²) in [6, 6.07) is 7.75. The van der Waals surface area contributed by atoms with Gasteiger partial charge in [-0.25, -0.2) is 4.98 Å². The van der Waals surface area contributed by atoms with Crippen molar-refractivity contribution in [2.24, 2.45) is 0 Å².